The standard InChI is InChI=1S/C8H14Cl2N2O2/c1-11(3-2-9)7(6-10)12-4-5-14-8(12)13/h7H,2-6H2,1H3. The molecule has 1 aliphatic rings. The smallest absolute Gasteiger partial charge is 0.411 e. The fourth-order valence-corrected chi connectivity index (χ4v) is 2.07. The van der Waals surface area contributed by atoms with Crippen LogP contribution in [-0.2, 0) is 4.74 Å². The van der Waals surface area contributed by atoms with Crippen molar-refractivity contribution in [2.75, 3.05) is 38.5 Å². The molecule has 14 heavy (non-hydrogen) atoms. The van der Waals surface area contributed by atoms with E-state index in [1.54, 1.807) is 4.90 Å². The Morgan fingerprint density at radius 1 is 1.64 bits per heavy atom. The molecular weight excluding hydrogens is 227 g/mol. The molecule has 4 nitrogen and oxygen atoms in total. The van der Waals surface area contributed by atoms with Gasteiger partial charge < -0.3 is 4.74 Å². The molecule has 0 N–H and O–H groups in total. The zero-order valence-corrected chi connectivity index (χ0v) is 9.59. The third-order valence-corrected chi connectivity index (χ3v) is 2.68. The van der Waals surface area contributed by atoms with Gasteiger partial charge in [-0.1, -0.05) is 0 Å². The van der Waals surface area contributed by atoms with Gasteiger partial charge in [-0.2, -0.15) is 0 Å². The van der Waals surface area contributed by atoms with Gasteiger partial charge in [-0.25, -0.2) is 4.79 Å². The van der Waals surface area contributed by atoms with E-state index in [-0.39, 0.29) is 12.3 Å². The number of hydrogen-bond acceptors (Lipinski definition) is 3. The number of carbonyl (C=O) groups excluding carboxylic acids is 1. The summed E-state index contributed by atoms with van der Waals surface area (Å²) in [6.45, 7) is 1.74. The number of carbonyl (C=O) groups is 1. The molecule has 1 heterocycles. The van der Waals surface area contributed by atoms with Crippen LogP contribution >= 0.6 is 23.2 Å². The molecule has 1 aliphatic heterocycles. The van der Waals surface area contributed by atoms with Crippen molar-refractivity contribution in [3.8, 4) is 0 Å². The maximum Gasteiger partial charge on any atom is 0.411 e. The van der Waals surface area contributed by atoms with E-state index in [1.807, 2.05) is 11.9 Å². The summed E-state index contributed by atoms with van der Waals surface area (Å²) in [4.78, 5) is 14.8. The molecule has 0 spiro atoms. The lowest BCUT2D eigenvalue weighted by Gasteiger charge is -2.31. The zero-order chi connectivity index (χ0) is 10.6. The van der Waals surface area contributed by atoms with Crippen molar-refractivity contribution in [3.63, 3.8) is 0 Å². The quantitative estimate of drug-likeness (QED) is 0.677. The highest BCUT2D eigenvalue weighted by Crippen LogP contribution is 2.12. The molecule has 0 saturated carbocycles. The minimum Gasteiger partial charge on any atom is -0.447 e. The number of rotatable bonds is 5. The van der Waals surface area contributed by atoms with Gasteiger partial charge in [-0.3, -0.25) is 9.80 Å². The Morgan fingerprint density at radius 2 is 2.36 bits per heavy atom. The highest BCUT2D eigenvalue weighted by atomic mass is 35.5. The van der Waals surface area contributed by atoms with E-state index < -0.39 is 0 Å². The molecule has 1 amide bonds. The van der Waals surface area contributed by atoms with Gasteiger partial charge in [0, 0.05) is 12.4 Å². The second-order valence-electron chi connectivity index (χ2n) is 3.11. The van der Waals surface area contributed by atoms with E-state index in [1.165, 1.54) is 0 Å². The predicted molar refractivity (Wildman–Crippen MR) is 55.9 cm³/mol. The van der Waals surface area contributed by atoms with Crippen LogP contribution in [0, 0.1) is 0 Å². The first-order valence-electron chi connectivity index (χ1n) is 4.46. The van der Waals surface area contributed by atoms with Gasteiger partial charge in [-0.05, 0) is 7.05 Å². The summed E-state index contributed by atoms with van der Waals surface area (Å²) in [6, 6.07) is 0. The molecule has 0 aliphatic carbocycles. The van der Waals surface area contributed by atoms with Crippen molar-refractivity contribution < 1.29 is 9.53 Å². The van der Waals surface area contributed by atoms with Crippen molar-refractivity contribution >= 4 is 29.3 Å². The minimum atomic E-state index is -0.294. The highest BCUT2D eigenvalue weighted by molar-refractivity contribution is 6.18. The van der Waals surface area contributed by atoms with Crippen LogP contribution < -0.4 is 0 Å². The molecule has 0 radical (unpaired) electrons. The number of halogens is 2. The lowest BCUT2D eigenvalue weighted by Crippen LogP contribution is -2.49. The Balaban J connectivity index is 2.55. The molecule has 1 saturated heterocycles. The Hall–Kier alpha value is -0.190. The molecule has 0 aromatic heterocycles. The second-order valence-corrected chi connectivity index (χ2v) is 3.80. The van der Waals surface area contributed by atoms with Crippen molar-refractivity contribution in [3.05, 3.63) is 0 Å². The minimum absolute atomic E-state index is 0.120. The number of amides is 1. The van der Waals surface area contributed by atoms with Gasteiger partial charge in [0.15, 0.2) is 0 Å². The average Bonchev–Trinajstić information content (AvgIpc) is 2.54. The van der Waals surface area contributed by atoms with Gasteiger partial charge in [0.1, 0.15) is 12.8 Å². The second kappa shape index (κ2) is 5.63. The van der Waals surface area contributed by atoms with E-state index in [0.29, 0.717) is 31.5 Å². The van der Waals surface area contributed by atoms with Crippen LogP contribution in [0.25, 0.3) is 0 Å². The van der Waals surface area contributed by atoms with E-state index in [4.69, 9.17) is 27.9 Å². The topological polar surface area (TPSA) is 32.8 Å². The summed E-state index contributed by atoms with van der Waals surface area (Å²) in [5.74, 6) is 0.884. The Labute approximate surface area is 93.7 Å². The van der Waals surface area contributed by atoms with Gasteiger partial charge in [0.25, 0.3) is 0 Å². The first-order chi connectivity index (χ1) is 6.70. The lowest BCUT2D eigenvalue weighted by atomic mass is 10.4. The number of hydrogen-bond donors (Lipinski definition) is 0. The van der Waals surface area contributed by atoms with E-state index in [9.17, 15) is 4.79 Å². The average molecular weight is 241 g/mol. The summed E-state index contributed by atoms with van der Waals surface area (Å²) >= 11 is 11.4. The first kappa shape index (κ1) is 11.9. The summed E-state index contributed by atoms with van der Waals surface area (Å²) in [5, 5.41) is 0. The van der Waals surface area contributed by atoms with Gasteiger partial charge in [0.2, 0.25) is 0 Å². The Bertz CT molecular complexity index is 204. The predicted octanol–water partition coefficient (Wildman–Crippen LogP) is 1.17. The third kappa shape index (κ3) is 2.65. The Kier molecular flexibility index (Phi) is 4.78. The van der Waals surface area contributed by atoms with Crippen LogP contribution in [0.15, 0.2) is 0 Å². The van der Waals surface area contributed by atoms with Gasteiger partial charge >= 0.3 is 6.09 Å². The first-order valence-corrected chi connectivity index (χ1v) is 5.53. The summed E-state index contributed by atoms with van der Waals surface area (Å²) in [7, 11) is 1.89. The third-order valence-electron chi connectivity index (χ3n) is 2.24. The van der Waals surface area contributed by atoms with Crippen molar-refractivity contribution in [2.24, 2.45) is 0 Å². The zero-order valence-electron chi connectivity index (χ0n) is 8.08. The van der Waals surface area contributed by atoms with Gasteiger partial charge in [0.05, 0.1) is 12.4 Å². The molecule has 0 aromatic rings. The number of alkyl halides is 2. The molecule has 0 aromatic carbocycles. The highest BCUT2D eigenvalue weighted by Gasteiger charge is 2.31. The maximum absolute atomic E-state index is 11.3. The normalized spacial score (nSPS) is 18.9. The van der Waals surface area contributed by atoms with Crippen LogP contribution in [0.2, 0.25) is 0 Å². The SMILES string of the molecule is CN(CCCl)C(CCl)N1CCOC1=O. The molecule has 82 valence electrons. The molecule has 6 heteroatoms. The van der Waals surface area contributed by atoms with E-state index in [0.717, 1.165) is 0 Å². The Morgan fingerprint density at radius 3 is 2.79 bits per heavy atom. The van der Waals surface area contributed by atoms with Crippen LogP contribution in [0.3, 0.4) is 0 Å². The van der Waals surface area contributed by atoms with Crippen molar-refractivity contribution in [2.45, 2.75) is 6.17 Å². The summed E-state index contributed by atoms with van der Waals surface area (Å²) in [5.41, 5.74) is 0. The summed E-state index contributed by atoms with van der Waals surface area (Å²) in [6.07, 6.45) is -0.414. The van der Waals surface area contributed by atoms with Crippen LogP contribution in [0.5, 0.6) is 0 Å². The van der Waals surface area contributed by atoms with Crippen molar-refractivity contribution in [1.29, 1.82) is 0 Å². The molecule has 1 fully saturated rings. The molecule has 0 bridgehead atoms. The molecule has 1 unspecified atom stereocenters. The van der Waals surface area contributed by atoms with E-state index >= 15 is 0 Å². The fourth-order valence-electron chi connectivity index (χ4n) is 1.40. The molecular formula is C8H14Cl2N2O2. The fraction of sp³-hybridized carbons (Fsp3) is 0.875. The monoisotopic (exact) mass is 240 g/mol. The number of cyclic esters (lactones) is 1. The largest absolute Gasteiger partial charge is 0.447 e. The van der Waals surface area contributed by atoms with E-state index in [2.05, 4.69) is 0 Å². The molecule has 1 rings (SSSR count). The summed E-state index contributed by atoms with van der Waals surface area (Å²) < 4.78 is 4.85. The van der Waals surface area contributed by atoms with Gasteiger partial charge in [-0.15, -0.1) is 23.2 Å². The number of nitrogens with zero attached hydrogens (tertiary/aromatic N) is 2. The van der Waals surface area contributed by atoms with Crippen LogP contribution in [0.4, 0.5) is 4.79 Å². The lowest BCUT2D eigenvalue weighted by molar-refractivity contribution is 0.103. The van der Waals surface area contributed by atoms with Crippen LogP contribution in [0.1, 0.15) is 0 Å². The number of ether oxygens (including phenoxy) is 1. The molecule has 1 atom stereocenters. The maximum atomic E-state index is 11.3. The van der Waals surface area contributed by atoms with Crippen molar-refractivity contribution in [1.82, 2.24) is 9.80 Å². The van der Waals surface area contributed by atoms with Crippen LogP contribution in [-0.4, -0.2) is 60.6 Å².